The van der Waals surface area contributed by atoms with Crippen LogP contribution in [0.3, 0.4) is 0 Å². The Bertz CT molecular complexity index is 729. The number of nitrogens with zero attached hydrogens (tertiary/aromatic N) is 3. The van der Waals surface area contributed by atoms with Gasteiger partial charge >= 0.3 is 5.97 Å². The summed E-state index contributed by atoms with van der Waals surface area (Å²) in [5.41, 5.74) is 5.24. The second kappa shape index (κ2) is 5.53. The number of imidazole rings is 1. The number of carbonyl (C=O) groups is 2. The molecule has 0 saturated heterocycles. The largest absolute Gasteiger partial charge is 0.481 e. The zero-order valence-electron chi connectivity index (χ0n) is 11.3. The van der Waals surface area contributed by atoms with Crippen LogP contribution in [0.5, 0.6) is 0 Å². The Labute approximate surface area is 129 Å². The summed E-state index contributed by atoms with van der Waals surface area (Å²) in [6.07, 6.45) is 1.44. The van der Waals surface area contributed by atoms with Crippen LogP contribution in [0, 0.1) is 0 Å². The van der Waals surface area contributed by atoms with E-state index in [4.69, 9.17) is 22.4 Å². The number of nitrogens with two attached hydrogens (primary N) is 1. The van der Waals surface area contributed by atoms with E-state index in [9.17, 15) is 9.59 Å². The van der Waals surface area contributed by atoms with Crippen LogP contribution >= 0.6 is 23.4 Å². The summed E-state index contributed by atoms with van der Waals surface area (Å²) >= 11 is 6.87. The Kier molecular flexibility index (Phi) is 4.11. The molecule has 0 bridgehead atoms. The van der Waals surface area contributed by atoms with Crippen molar-refractivity contribution >= 4 is 46.4 Å². The zero-order valence-corrected chi connectivity index (χ0v) is 12.9. The molecule has 9 heteroatoms. The molecule has 0 radical (unpaired) electrons. The highest BCUT2D eigenvalue weighted by Crippen LogP contribution is 2.30. The van der Waals surface area contributed by atoms with Gasteiger partial charge in [0.2, 0.25) is 5.91 Å². The number of pyridine rings is 1. The molecule has 0 aliphatic heterocycles. The van der Waals surface area contributed by atoms with Crippen molar-refractivity contribution < 1.29 is 14.7 Å². The molecule has 1 amide bonds. The van der Waals surface area contributed by atoms with Gasteiger partial charge in [0.15, 0.2) is 10.8 Å². The van der Waals surface area contributed by atoms with E-state index in [2.05, 4.69) is 9.97 Å². The molecule has 0 fully saturated rings. The molecule has 2 rings (SSSR count). The molecule has 0 aliphatic rings. The van der Waals surface area contributed by atoms with Crippen LogP contribution in [0.15, 0.2) is 17.4 Å². The lowest BCUT2D eigenvalue weighted by atomic mass is 10.1. The lowest BCUT2D eigenvalue weighted by Gasteiger charge is -2.24. The van der Waals surface area contributed by atoms with Crippen molar-refractivity contribution in [2.75, 3.05) is 5.75 Å². The lowest BCUT2D eigenvalue weighted by Crippen LogP contribution is -2.41. The van der Waals surface area contributed by atoms with Crippen LogP contribution in [0.25, 0.3) is 11.2 Å². The first-order chi connectivity index (χ1) is 9.73. The summed E-state index contributed by atoms with van der Waals surface area (Å²) in [7, 11) is 0. The Morgan fingerprint density at radius 1 is 1.52 bits per heavy atom. The third-order valence-electron chi connectivity index (χ3n) is 2.92. The van der Waals surface area contributed by atoms with E-state index in [-0.39, 0.29) is 5.75 Å². The number of rotatable bonds is 5. The van der Waals surface area contributed by atoms with Gasteiger partial charge < -0.3 is 10.8 Å². The molecule has 2 aromatic heterocycles. The molecule has 3 N–H and O–H groups in total. The fourth-order valence-electron chi connectivity index (χ4n) is 1.76. The number of thioether (sulfide) groups is 1. The Hall–Kier alpha value is -1.80. The van der Waals surface area contributed by atoms with Gasteiger partial charge in [0, 0.05) is 6.20 Å². The molecule has 0 unspecified atom stereocenters. The monoisotopic (exact) mass is 328 g/mol. The first-order valence-corrected chi connectivity index (χ1v) is 7.29. The first kappa shape index (κ1) is 15.6. The molecule has 0 spiro atoms. The SMILES string of the molecule is CC(C)(C(N)=O)n1c(SCC(=O)O)nc2cc(Cl)cnc21. The first-order valence-electron chi connectivity index (χ1n) is 5.92. The molecule has 0 aliphatic carbocycles. The van der Waals surface area contributed by atoms with E-state index >= 15 is 0 Å². The third-order valence-corrected chi connectivity index (χ3v) is 4.05. The van der Waals surface area contributed by atoms with Gasteiger partial charge in [0.05, 0.1) is 10.8 Å². The highest BCUT2D eigenvalue weighted by atomic mass is 35.5. The number of halogens is 1. The van der Waals surface area contributed by atoms with E-state index in [0.29, 0.717) is 21.3 Å². The quantitative estimate of drug-likeness (QED) is 0.804. The predicted octanol–water partition coefficient (Wildman–Crippen LogP) is 1.48. The van der Waals surface area contributed by atoms with Crippen molar-refractivity contribution in [3.05, 3.63) is 17.3 Å². The summed E-state index contributed by atoms with van der Waals surface area (Å²) in [4.78, 5) is 30.9. The summed E-state index contributed by atoms with van der Waals surface area (Å²) in [5, 5.41) is 9.56. The number of aromatic nitrogens is 3. The zero-order chi connectivity index (χ0) is 15.8. The van der Waals surface area contributed by atoms with Gasteiger partial charge in [-0.25, -0.2) is 9.97 Å². The predicted molar refractivity (Wildman–Crippen MR) is 79.4 cm³/mol. The van der Waals surface area contributed by atoms with Crippen LogP contribution in [0.4, 0.5) is 0 Å². The Morgan fingerprint density at radius 3 is 2.76 bits per heavy atom. The maximum Gasteiger partial charge on any atom is 0.313 e. The molecular weight excluding hydrogens is 316 g/mol. The molecule has 0 saturated carbocycles. The standard InChI is InChI=1S/C12H13ClN4O3S/c1-12(2,10(14)20)17-9-7(3-6(13)4-15-9)16-11(17)21-5-8(18)19/h3-4H,5H2,1-2H3,(H2,14,20)(H,18,19). The fourth-order valence-corrected chi connectivity index (χ4v) is 2.77. The number of amides is 1. The van der Waals surface area contributed by atoms with Crippen LogP contribution in [-0.4, -0.2) is 37.3 Å². The van der Waals surface area contributed by atoms with Gasteiger partial charge in [0.1, 0.15) is 11.1 Å². The third kappa shape index (κ3) is 2.96. The average molecular weight is 329 g/mol. The van der Waals surface area contributed by atoms with Crippen molar-refractivity contribution in [3.8, 4) is 0 Å². The minimum Gasteiger partial charge on any atom is -0.481 e. The highest BCUT2D eigenvalue weighted by molar-refractivity contribution is 7.99. The lowest BCUT2D eigenvalue weighted by molar-refractivity contribution is -0.133. The molecule has 0 atom stereocenters. The van der Waals surface area contributed by atoms with Crippen molar-refractivity contribution in [3.63, 3.8) is 0 Å². The number of carboxylic acid groups (broad SMARTS) is 1. The number of carboxylic acids is 1. The van der Waals surface area contributed by atoms with Crippen molar-refractivity contribution in [1.82, 2.24) is 14.5 Å². The maximum atomic E-state index is 11.7. The Balaban J connectivity index is 2.65. The van der Waals surface area contributed by atoms with E-state index in [1.807, 2.05) is 0 Å². The summed E-state index contributed by atoms with van der Waals surface area (Å²) < 4.78 is 1.54. The van der Waals surface area contributed by atoms with Crippen molar-refractivity contribution in [2.45, 2.75) is 24.5 Å². The maximum absolute atomic E-state index is 11.7. The van der Waals surface area contributed by atoms with E-state index in [1.54, 1.807) is 19.9 Å². The van der Waals surface area contributed by atoms with Crippen LogP contribution < -0.4 is 5.73 Å². The van der Waals surface area contributed by atoms with Crippen LogP contribution in [-0.2, 0) is 15.1 Å². The average Bonchev–Trinajstić information content (AvgIpc) is 2.73. The topological polar surface area (TPSA) is 111 Å². The Morgan fingerprint density at radius 2 is 2.19 bits per heavy atom. The molecule has 21 heavy (non-hydrogen) atoms. The number of fused-ring (bicyclic) bond motifs is 1. The molecule has 2 heterocycles. The minimum absolute atomic E-state index is 0.189. The van der Waals surface area contributed by atoms with Crippen molar-refractivity contribution in [1.29, 1.82) is 0 Å². The molecule has 112 valence electrons. The summed E-state index contributed by atoms with van der Waals surface area (Å²) in [5.74, 6) is -1.75. The van der Waals surface area contributed by atoms with E-state index in [1.165, 1.54) is 10.8 Å². The minimum atomic E-state index is -1.10. The molecule has 7 nitrogen and oxygen atoms in total. The van der Waals surface area contributed by atoms with Gasteiger partial charge in [-0.05, 0) is 19.9 Å². The highest BCUT2D eigenvalue weighted by Gasteiger charge is 2.32. The van der Waals surface area contributed by atoms with E-state index < -0.39 is 17.4 Å². The normalized spacial score (nSPS) is 11.8. The van der Waals surface area contributed by atoms with Crippen molar-refractivity contribution in [2.24, 2.45) is 5.73 Å². The van der Waals surface area contributed by atoms with Gasteiger partial charge in [-0.2, -0.15) is 0 Å². The van der Waals surface area contributed by atoms with Crippen LogP contribution in [0.2, 0.25) is 5.02 Å². The van der Waals surface area contributed by atoms with Gasteiger partial charge in [0.25, 0.3) is 0 Å². The number of hydrogen-bond acceptors (Lipinski definition) is 5. The second-order valence-electron chi connectivity index (χ2n) is 4.83. The van der Waals surface area contributed by atoms with Gasteiger partial charge in [-0.1, -0.05) is 23.4 Å². The fraction of sp³-hybridized carbons (Fsp3) is 0.333. The van der Waals surface area contributed by atoms with Crippen LogP contribution in [0.1, 0.15) is 13.8 Å². The summed E-state index contributed by atoms with van der Waals surface area (Å²) in [6, 6.07) is 1.60. The van der Waals surface area contributed by atoms with Gasteiger partial charge in [-0.15, -0.1) is 0 Å². The second-order valence-corrected chi connectivity index (χ2v) is 6.21. The summed E-state index contributed by atoms with van der Waals surface area (Å²) in [6.45, 7) is 3.25. The number of hydrogen-bond donors (Lipinski definition) is 2. The molecule has 0 aromatic carbocycles. The molecule has 2 aromatic rings. The van der Waals surface area contributed by atoms with Gasteiger partial charge in [-0.3, -0.25) is 14.2 Å². The number of aliphatic carboxylic acids is 1. The van der Waals surface area contributed by atoms with E-state index in [0.717, 1.165) is 11.8 Å². The number of carbonyl (C=O) groups excluding carboxylic acids is 1. The molecular formula is C12H13ClN4O3S. The number of primary amides is 1. The smallest absolute Gasteiger partial charge is 0.313 e.